The van der Waals surface area contributed by atoms with Gasteiger partial charge in [-0.1, -0.05) is 23.5 Å². The number of fused-ring (bicyclic) bond motifs is 1. The fourth-order valence-electron chi connectivity index (χ4n) is 3.98. The molecule has 0 aliphatic heterocycles. The van der Waals surface area contributed by atoms with Gasteiger partial charge >= 0.3 is 0 Å². The van der Waals surface area contributed by atoms with Crippen LogP contribution in [0, 0.1) is 22.7 Å². The Balaban J connectivity index is 1.68. The highest BCUT2D eigenvalue weighted by Gasteiger charge is 2.26. The van der Waals surface area contributed by atoms with Crippen molar-refractivity contribution in [2.24, 2.45) is 0 Å². The summed E-state index contributed by atoms with van der Waals surface area (Å²) in [4.78, 5) is 24.2. The second-order valence-corrected chi connectivity index (χ2v) is 11.5. The van der Waals surface area contributed by atoms with Crippen LogP contribution in [0.15, 0.2) is 71.9 Å². The largest absolute Gasteiger partial charge is 0.492 e. The van der Waals surface area contributed by atoms with Crippen LogP contribution in [0.3, 0.4) is 0 Å². The van der Waals surface area contributed by atoms with Crippen LogP contribution in [-0.2, 0) is 16.6 Å². The molecule has 10 nitrogen and oxygen atoms in total. The van der Waals surface area contributed by atoms with E-state index in [9.17, 15) is 13.2 Å². The summed E-state index contributed by atoms with van der Waals surface area (Å²) < 4.78 is 34.1. The first-order valence-corrected chi connectivity index (χ1v) is 14.7. The number of hydrogen-bond donors (Lipinski definition) is 0. The lowest BCUT2D eigenvalue weighted by molar-refractivity contribution is 0.0985. The Morgan fingerprint density at radius 3 is 2.38 bits per heavy atom. The van der Waals surface area contributed by atoms with Gasteiger partial charge in [0, 0.05) is 43.9 Å². The van der Waals surface area contributed by atoms with E-state index >= 15 is 0 Å². The third-order valence-electron chi connectivity index (χ3n) is 5.90. The highest BCUT2D eigenvalue weighted by Crippen LogP contribution is 2.35. The molecule has 2 aromatic carbocycles. The van der Waals surface area contributed by atoms with Crippen molar-refractivity contribution in [3.8, 4) is 17.9 Å². The van der Waals surface area contributed by atoms with E-state index in [1.807, 2.05) is 43.3 Å². The SMILES string of the molecule is CCOc1cccc2sc(N(Cc3cccnc3)C(=O)c3ccc(S(=O)(=O)N(CCC#N)CCC#N)cc3)nc12. The molecule has 4 aromatic rings. The van der Waals surface area contributed by atoms with Crippen molar-refractivity contribution in [1.29, 1.82) is 10.5 Å². The summed E-state index contributed by atoms with van der Waals surface area (Å²) in [5, 5.41) is 18.3. The van der Waals surface area contributed by atoms with Gasteiger partial charge in [0.25, 0.3) is 5.91 Å². The summed E-state index contributed by atoms with van der Waals surface area (Å²) in [5.74, 6) is 0.263. The van der Waals surface area contributed by atoms with Crippen LogP contribution in [0.4, 0.5) is 5.13 Å². The van der Waals surface area contributed by atoms with E-state index in [0.717, 1.165) is 14.6 Å². The molecule has 0 unspecified atom stereocenters. The van der Waals surface area contributed by atoms with Crippen molar-refractivity contribution in [3.05, 3.63) is 78.1 Å². The number of sulfonamides is 1. The van der Waals surface area contributed by atoms with Gasteiger partial charge in [-0.2, -0.15) is 14.8 Å². The first kappa shape index (κ1) is 28.6. The molecule has 0 spiro atoms. The van der Waals surface area contributed by atoms with Gasteiger partial charge in [0.2, 0.25) is 10.0 Å². The number of anilines is 1. The molecule has 40 heavy (non-hydrogen) atoms. The number of nitrogens with zero attached hydrogens (tertiary/aromatic N) is 6. The second kappa shape index (κ2) is 13.1. The molecular formula is C28H26N6O4S2. The average molecular weight is 575 g/mol. The van der Waals surface area contributed by atoms with Crippen LogP contribution in [0.5, 0.6) is 5.75 Å². The van der Waals surface area contributed by atoms with Crippen LogP contribution in [0.25, 0.3) is 10.2 Å². The van der Waals surface area contributed by atoms with Crippen molar-refractivity contribution < 1.29 is 17.9 Å². The number of ether oxygens (including phenoxy) is 1. The molecule has 0 radical (unpaired) electrons. The lowest BCUT2D eigenvalue weighted by Gasteiger charge is -2.21. The van der Waals surface area contributed by atoms with Gasteiger partial charge in [-0.3, -0.25) is 14.7 Å². The molecule has 0 fully saturated rings. The number of hydrogen-bond acceptors (Lipinski definition) is 9. The molecule has 0 atom stereocenters. The van der Waals surface area contributed by atoms with Crippen molar-refractivity contribution >= 4 is 42.6 Å². The summed E-state index contributed by atoms with van der Waals surface area (Å²) in [6.45, 7) is 2.51. The lowest BCUT2D eigenvalue weighted by atomic mass is 10.2. The Morgan fingerprint density at radius 1 is 1.02 bits per heavy atom. The topological polar surface area (TPSA) is 140 Å². The van der Waals surface area contributed by atoms with E-state index < -0.39 is 10.0 Å². The Labute approximate surface area is 236 Å². The number of aromatic nitrogens is 2. The number of thiazole rings is 1. The summed E-state index contributed by atoms with van der Waals surface area (Å²) in [5.41, 5.74) is 1.72. The van der Waals surface area contributed by atoms with Crippen molar-refractivity contribution in [1.82, 2.24) is 14.3 Å². The zero-order chi connectivity index (χ0) is 28.5. The van der Waals surface area contributed by atoms with Crippen LogP contribution in [-0.4, -0.2) is 48.3 Å². The molecule has 0 aliphatic rings. The monoisotopic (exact) mass is 574 g/mol. The number of para-hydroxylation sites is 1. The molecule has 12 heteroatoms. The van der Waals surface area contributed by atoms with E-state index in [4.69, 9.17) is 20.2 Å². The van der Waals surface area contributed by atoms with Crippen molar-refractivity contribution in [2.75, 3.05) is 24.6 Å². The van der Waals surface area contributed by atoms with Gasteiger partial charge in [0.05, 0.1) is 34.9 Å². The van der Waals surface area contributed by atoms with Gasteiger partial charge in [-0.05, 0) is 55.0 Å². The fourth-order valence-corrected chi connectivity index (χ4v) is 6.40. The molecule has 0 bridgehead atoms. The van der Waals surface area contributed by atoms with Gasteiger partial charge in [0.1, 0.15) is 11.3 Å². The predicted octanol–water partition coefficient (Wildman–Crippen LogP) is 4.76. The fraction of sp³-hybridized carbons (Fsp3) is 0.250. The Bertz CT molecular complexity index is 1640. The third kappa shape index (κ3) is 6.43. The van der Waals surface area contributed by atoms with Gasteiger partial charge in [0.15, 0.2) is 5.13 Å². The quantitative estimate of drug-likeness (QED) is 0.236. The van der Waals surface area contributed by atoms with Crippen LogP contribution in [0.1, 0.15) is 35.7 Å². The Kier molecular flexibility index (Phi) is 9.40. The number of carbonyl (C=O) groups is 1. The molecule has 2 aromatic heterocycles. The highest BCUT2D eigenvalue weighted by atomic mass is 32.2. The van der Waals surface area contributed by atoms with Crippen LogP contribution < -0.4 is 9.64 Å². The van der Waals surface area contributed by atoms with Crippen molar-refractivity contribution in [2.45, 2.75) is 31.2 Å². The van der Waals surface area contributed by atoms with E-state index in [1.54, 1.807) is 18.5 Å². The van der Waals surface area contributed by atoms with Gasteiger partial charge in [-0.15, -0.1) is 0 Å². The molecule has 1 amide bonds. The zero-order valence-corrected chi connectivity index (χ0v) is 23.4. The smallest absolute Gasteiger partial charge is 0.260 e. The standard InChI is InChI=1S/C28H26N6O4S2/c1-2-38-24-8-3-9-25-26(24)32-28(39-25)34(20-21-7-4-16-31-19-21)27(35)22-10-12-23(13-11-22)40(36,37)33(17-5-14-29)18-6-15-30/h3-4,7-13,16,19H,2,5-6,17-18,20H2,1H3. The number of carbonyl (C=O) groups excluding carboxylic acids is 1. The highest BCUT2D eigenvalue weighted by molar-refractivity contribution is 7.89. The molecule has 2 heterocycles. The molecule has 0 saturated carbocycles. The van der Waals surface area contributed by atoms with E-state index in [0.29, 0.717) is 23.0 Å². The maximum atomic E-state index is 13.8. The maximum Gasteiger partial charge on any atom is 0.260 e. The molecule has 0 N–H and O–H groups in total. The van der Waals surface area contributed by atoms with E-state index in [1.165, 1.54) is 40.5 Å². The number of nitriles is 2. The first-order chi connectivity index (χ1) is 19.4. The average Bonchev–Trinajstić information content (AvgIpc) is 3.41. The molecular weight excluding hydrogens is 548 g/mol. The van der Waals surface area contributed by atoms with Crippen LogP contribution in [0.2, 0.25) is 0 Å². The summed E-state index contributed by atoms with van der Waals surface area (Å²) >= 11 is 1.35. The van der Waals surface area contributed by atoms with Gasteiger partial charge in [-0.25, -0.2) is 13.4 Å². The number of amides is 1. The van der Waals surface area contributed by atoms with E-state index in [2.05, 4.69) is 4.98 Å². The Hall–Kier alpha value is -4.36. The molecule has 0 saturated heterocycles. The Morgan fingerprint density at radius 2 is 1.75 bits per heavy atom. The zero-order valence-electron chi connectivity index (χ0n) is 21.7. The number of pyridine rings is 1. The summed E-state index contributed by atoms with van der Waals surface area (Å²) in [6, 6.07) is 18.8. The summed E-state index contributed by atoms with van der Waals surface area (Å²) in [7, 11) is -3.96. The lowest BCUT2D eigenvalue weighted by Crippen LogP contribution is -2.33. The number of benzene rings is 2. The minimum Gasteiger partial charge on any atom is -0.492 e. The second-order valence-electron chi connectivity index (χ2n) is 8.53. The first-order valence-electron chi connectivity index (χ1n) is 12.5. The van der Waals surface area contributed by atoms with E-state index in [-0.39, 0.29) is 48.8 Å². The minimum atomic E-state index is -3.96. The van der Waals surface area contributed by atoms with Gasteiger partial charge < -0.3 is 4.74 Å². The molecule has 4 rings (SSSR count). The maximum absolute atomic E-state index is 13.8. The molecule has 204 valence electrons. The normalized spacial score (nSPS) is 11.2. The van der Waals surface area contributed by atoms with Crippen molar-refractivity contribution in [3.63, 3.8) is 0 Å². The minimum absolute atomic E-state index is 0.00227. The molecule has 0 aliphatic carbocycles. The van der Waals surface area contributed by atoms with Crippen LogP contribution >= 0.6 is 11.3 Å². The predicted molar refractivity (Wildman–Crippen MR) is 151 cm³/mol. The number of rotatable bonds is 12. The third-order valence-corrected chi connectivity index (χ3v) is 8.85. The summed E-state index contributed by atoms with van der Waals surface area (Å²) in [6.07, 6.45) is 3.32.